The van der Waals surface area contributed by atoms with Crippen LogP contribution in [-0.2, 0) is 9.59 Å². The fraction of sp³-hybridized carbons (Fsp3) is 0.875. The molecule has 0 bridgehead atoms. The number of piperazine rings is 1. The molecule has 0 spiro atoms. The molecule has 120 valence electrons. The average molecular weight is 295 g/mol. The summed E-state index contributed by atoms with van der Waals surface area (Å²) in [6.45, 7) is 8.85. The highest BCUT2D eigenvalue weighted by Gasteiger charge is 2.29. The second kappa shape index (κ2) is 7.25. The molecule has 3 unspecified atom stereocenters. The molecule has 1 heterocycles. The summed E-state index contributed by atoms with van der Waals surface area (Å²) in [6, 6.07) is 0.237. The smallest absolute Gasteiger partial charge is 0.237 e. The van der Waals surface area contributed by atoms with Crippen molar-refractivity contribution in [3.63, 3.8) is 0 Å². The first kappa shape index (κ1) is 16.3. The lowest BCUT2D eigenvalue weighted by atomic mass is 9.86. The lowest BCUT2D eigenvalue weighted by Gasteiger charge is -2.38. The molecule has 2 aliphatic rings. The van der Waals surface area contributed by atoms with Gasteiger partial charge in [-0.15, -0.1) is 0 Å². The maximum atomic E-state index is 12.4. The fourth-order valence-electron chi connectivity index (χ4n) is 3.42. The van der Waals surface area contributed by atoms with Gasteiger partial charge in [0, 0.05) is 39.1 Å². The second-order valence-corrected chi connectivity index (χ2v) is 6.59. The quantitative estimate of drug-likeness (QED) is 0.852. The molecule has 21 heavy (non-hydrogen) atoms. The molecule has 1 aliphatic carbocycles. The zero-order valence-corrected chi connectivity index (χ0v) is 13.6. The Morgan fingerprint density at radius 1 is 1.10 bits per heavy atom. The molecule has 1 aliphatic heterocycles. The van der Waals surface area contributed by atoms with Gasteiger partial charge in [0.15, 0.2) is 0 Å². The minimum absolute atomic E-state index is 0.103. The van der Waals surface area contributed by atoms with Crippen LogP contribution in [0.2, 0.25) is 0 Å². The minimum Gasteiger partial charge on any atom is -0.352 e. The van der Waals surface area contributed by atoms with Crippen LogP contribution < -0.4 is 5.32 Å². The highest BCUT2D eigenvalue weighted by Crippen LogP contribution is 2.23. The summed E-state index contributed by atoms with van der Waals surface area (Å²) in [6.07, 6.45) is 4.84. The van der Waals surface area contributed by atoms with Gasteiger partial charge in [-0.1, -0.05) is 19.8 Å². The van der Waals surface area contributed by atoms with E-state index in [1.54, 1.807) is 6.92 Å². The molecule has 2 rings (SSSR count). The number of nitrogens with zero attached hydrogens (tertiary/aromatic N) is 2. The van der Waals surface area contributed by atoms with Gasteiger partial charge in [0.1, 0.15) is 0 Å². The molecule has 1 saturated heterocycles. The molecule has 0 aromatic carbocycles. The van der Waals surface area contributed by atoms with Crippen LogP contribution in [0.15, 0.2) is 0 Å². The lowest BCUT2D eigenvalue weighted by Crippen LogP contribution is -2.56. The number of hydrogen-bond acceptors (Lipinski definition) is 3. The highest BCUT2D eigenvalue weighted by molar-refractivity contribution is 5.81. The molecule has 5 heteroatoms. The zero-order chi connectivity index (χ0) is 15.4. The summed E-state index contributed by atoms with van der Waals surface area (Å²) >= 11 is 0. The summed E-state index contributed by atoms with van der Waals surface area (Å²) in [5.74, 6) is 0.859. The van der Waals surface area contributed by atoms with E-state index >= 15 is 0 Å². The van der Waals surface area contributed by atoms with Gasteiger partial charge in [0.05, 0.1) is 6.04 Å². The Labute approximate surface area is 128 Å². The van der Waals surface area contributed by atoms with E-state index in [2.05, 4.69) is 17.1 Å². The summed E-state index contributed by atoms with van der Waals surface area (Å²) in [7, 11) is 0. The average Bonchev–Trinajstić information content (AvgIpc) is 2.49. The summed E-state index contributed by atoms with van der Waals surface area (Å²) in [5, 5.41) is 3.24. The first-order chi connectivity index (χ1) is 9.99. The van der Waals surface area contributed by atoms with Crippen molar-refractivity contribution < 1.29 is 9.59 Å². The molecular formula is C16H29N3O2. The number of carbonyl (C=O) groups is 2. The zero-order valence-electron chi connectivity index (χ0n) is 13.6. The van der Waals surface area contributed by atoms with Crippen molar-refractivity contribution in [1.29, 1.82) is 0 Å². The van der Waals surface area contributed by atoms with Crippen LogP contribution >= 0.6 is 0 Å². The van der Waals surface area contributed by atoms with Crippen molar-refractivity contribution in [2.45, 2.75) is 58.5 Å². The number of amides is 2. The van der Waals surface area contributed by atoms with Gasteiger partial charge in [0.2, 0.25) is 11.8 Å². The molecule has 0 aromatic rings. The van der Waals surface area contributed by atoms with Gasteiger partial charge in [-0.05, 0) is 25.7 Å². The predicted octanol–water partition coefficient (Wildman–Crippen LogP) is 1.23. The SMILES string of the molecule is CC(=O)N1CCN(C(C)C(=O)NC2CCCCC2C)CC1. The van der Waals surface area contributed by atoms with Crippen LogP contribution in [0.4, 0.5) is 0 Å². The maximum Gasteiger partial charge on any atom is 0.237 e. The third kappa shape index (κ3) is 4.19. The van der Waals surface area contributed by atoms with Crippen LogP contribution in [0.25, 0.3) is 0 Å². The molecule has 1 N–H and O–H groups in total. The largest absolute Gasteiger partial charge is 0.352 e. The Hall–Kier alpha value is -1.10. The van der Waals surface area contributed by atoms with Gasteiger partial charge in [-0.2, -0.15) is 0 Å². The first-order valence-electron chi connectivity index (χ1n) is 8.29. The number of rotatable bonds is 3. The van der Waals surface area contributed by atoms with Crippen molar-refractivity contribution in [1.82, 2.24) is 15.1 Å². The van der Waals surface area contributed by atoms with Crippen LogP contribution in [0, 0.1) is 5.92 Å². The first-order valence-corrected chi connectivity index (χ1v) is 8.29. The summed E-state index contributed by atoms with van der Waals surface area (Å²) in [5.41, 5.74) is 0. The van der Waals surface area contributed by atoms with Crippen LogP contribution in [0.1, 0.15) is 46.5 Å². The van der Waals surface area contributed by atoms with Crippen molar-refractivity contribution >= 4 is 11.8 Å². The van der Waals surface area contributed by atoms with Crippen molar-refractivity contribution in [3.05, 3.63) is 0 Å². The Bertz CT molecular complexity index is 378. The lowest BCUT2D eigenvalue weighted by molar-refractivity contribution is -0.132. The Morgan fingerprint density at radius 2 is 1.71 bits per heavy atom. The van der Waals surface area contributed by atoms with E-state index in [9.17, 15) is 9.59 Å². The molecule has 5 nitrogen and oxygen atoms in total. The van der Waals surface area contributed by atoms with E-state index in [1.807, 2.05) is 11.8 Å². The van der Waals surface area contributed by atoms with Gasteiger partial charge in [-0.3, -0.25) is 14.5 Å². The molecule has 2 amide bonds. The summed E-state index contributed by atoms with van der Waals surface area (Å²) in [4.78, 5) is 27.8. The monoisotopic (exact) mass is 295 g/mol. The number of nitrogens with one attached hydrogen (secondary N) is 1. The van der Waals surface area contributed by atoms with Gasteiger partial charge >= 0.3 is 0 Å². The van der Waals surface area contributed by atoms with E-state index in [4.69, 9.17) is 0 Å². The van der Waals surface area contributed by atoms with Crippen LogP contribution in [-0.4, -0.2) is 59.9 Å². The Kier molecular flexibility index (Phi) is 5.62. The molecule has 3 atom stereocenters. The van der Waals surface area contributed by atoms with E-state index in [0.29, 0.717) is 12.0 Å². The van der Waals surface area contributed by atoms with E-state index in [-0.39, 0.29) is 17.9 Å². The van der Waals surface area contributed by atoms with Crippen molar-refractivity contribution in [3.8, 4) is 0 Å². The van der Waals surface area contributed by atoms with Crippen molar-refractivity contribution in [2.75, 3.05) is 26.2 Å². The van der Waals surface area contributed by atoms with E-state index in [0.717, 1.165) is 32.6 Å². The topological polar surface area (TPSA) is 52.7 Å². The van der Waals surface area contributed by atoms with Crippen molar-refractivity contribution in [2.24, 2.45) is 5.92 Å². The van der Waals surface area contributed by atoms with Crippen LogP contribution in [0.3, 0.4) is 0 Å². The maximum absolute atomic E-state index is 12.4. The van der Waals surface area contributed by atoms with Gasteiger partial charge in [0.25, 0.3) is 0 Å². The Morgan fingerprint density at radius 3 is 2.29 bits per heavy atom. The van der Waals surface area contributed by atoms with Gasteiger partial charge in [-0.25, -0.2) is 0 Å². The predicted molar refractivity (Wildman–Crippen MR) is 82.9 cm³/mol. The fourth-order valence-corrected chi connectivity index (χ4v) is 3.42. The van der Waals surface area contributed by atoms with Crippen LogP contribution in [0.5, 0.6) is 0 Å². The number of carbonyl (C=O) groups excluding carboxylic acids is 2. The third-order valence-corrected chi connectivity index (χ3v) is 5.13. The highest BCUT2D eigenvalue weighted by atomic mass is 16.2. The van der Waals surface area contributed by atoms with E-state index in [1.165, 1.54) is 19.3 Å². The molecule has 1 saturated carbocycles. The molecular weight excluding hydrogens is 266 g/mol. The third-order valence-electron chi connectivity index (χ3n) is 5.13. The second-order valence-electron chi connectivity index (χ2n) is 6.59. The Balaban J connectivity index is 1.81. The standard InChI is InChI=1S/C16H29N3O2/c1-12-6-4-5-7-15(12)17-16(21)13(2)18-8-10-19(11-9-18)14(3)20/h12-13,15H,4-11H2,1-3H3,(H,17,21). The molecule has 0 radical (unpaired) electrons. The number of hydrogen-bond donors (Lipinski definition) is 1. The minimum atomic E-state index is -0.103. The van der Waals surface area contributed by atoms with E-state index < -0.39 is 0 Å². The molecule has 0 aromatic heterocycles. The summed E-state index contributed by atoms with van der Waals surface area (Å²) < 4.78 is 0. The van der Waals surface area contributed by atoms with Gasteiger partial charge < -0.3 is 10.2 Å². The normalized spacial score (nSPS) is 29.0. The molecule has 2 fully saturated rings.